The molecule has 0 N–H and O–H groups in total. The van der Waals surface area contributed by atoms with Crippen LogP contribution in [0, 0.1) is 0 Å². The van der Waals surface area contributed by atoms with Crippen molar-refractivity contribution in [3.05, 3.63) is 29.8 Å². The van der Waals surface area contributed by atoms with Crippen molar-refractivity contribution in [1.29, 1.82) is 0 Å². The zero-order valence-electron chi connectivity index (χ0n) is 10.5. The quantitative estimate of drug-likeness (QED) is 0.792. The fraction of sp³-hybridized carbons (Fsp3) is 0.417. The van der Waals surface area contributed by atoms with Crippen molar-refractivity contribution in [3.8, 4) is 0 Å². The molecule has 0 unspecified atom stereocenters. The number of alkyl halides is 3. The number of halogens is 3. The van der Waals surface area contributed by atoms with Crippen molar-refractivity contribution in [2.24, 2.45) is 4.99 Å². The molecule has 2 rings (SSSR count). The lowest BCUT2D eigenvalue weighted by Crippen LogP contribution is -2.17. The molecule has 0 fully saturated rings. The SMILES string of the molecule is CS(=O)(=O)c1ccc([C@@H]2OC(C(Cl)Cl)=N[C@H]2CF)cc1. The van der Waals surface area contributed by atoms with Crippen molar-refractivity contribution in [2.45, 2.75) is 21.9 Å². The molecule has 1 aromatic carbocycles. The molecular formula is C12H12Cl2FNO3S. The second-order valence-corrected chi connectivity index (χ2v) is 7.48. The topological polar surface area (TPSA) is 55.7 Å². The van der Waals surface area contributed by atoms with Gasteiger partial charge >= 0.3 is 0 Å². The van der Waals surface area contributed by atoms with E-state index in [1.165, 1.54) is 12.1 Å². The number of aliphatic imine (C=N–C) groups is 1. The molecule has 0 aliphatic carbocycles. The van der Waals surface area contributed by atoms with Gasteiger partial charge in [-0.15, -0.1) is 0 Å². The van der Waals surface area contributed by atoms with Gasteiger partial charge in [0.25, 0.3) is 0 Å². The molecular weight excluding hydrogens is 328 g/mol. The van der Waals surface area contributed by atoms with Crippen LogP contribution in [0.2, 0.25) is 0 Å². The smallest absolute Gasteiger partial charge is 0.218 e. The van der Waals surface area contributed by atoms with Gasteiger partial charge in [0.05, 0.1) is 4.90 Å². The second-order valence-electron chi connectivity index (χ2n) is 4.37. The fourth-order valence-corrected chi connectivity index (χ4v) is 2.73. The minimum atomic E-state index is -3.27. The van der Waals surface area contributed by atoms with Gasteiger partial charge in [0, 0.05) is 6.26 Å². The summed E-state index contributed by atoms with van der Waals surface area (Å²) >= 11 is 11.3. The van der Waals surface area contributed by atoms with Crippen molar-refractivity contribution in [1.82, 2.24) is 0 Å². The molecule has 0 aromatic heterocycles. The van der Waals surface area contributed by atoms with Crippen LogP contribution in [0.4, 0.5) is 4.39 Å². The number of benzene rings is 1. The molecule has 1 aliphatic rings. The number of ether oxygens (including phenoxy) is 1. The third-order valence-electron chi connectivity index (χ3n) is 2.87. The summed E-state index contributed by atoms with van der Waals surface area (Å²) in [6.07, 6.45) is 0.467. The highest BCUT2D eigenvalue weighted by Crippen LogP contribution is 2.32. The Morgan fingerprint density at radius 1 is 1.35 bits per heavy atom. The number of sulfone groups is 1. The average Bonchev–Trinajstić information content (AvgIpc) is 2.82. The fourth-order valence-electron chi connectivity index (χ4n) is 1.89. The summed E-state index contributed by atoms with van der Waals surface area (Å²) in [7, 11) is -3.27. The number of hydrogen-bond donors (Lipinski definition) is 0. The highest BCUT2D eigenvalue weighted by Gasteiger charge is 2.34. The Labute approximate surface area is 126 Å². The van der Waals surface area contributed by atoms with E-state index < -0.39 is 33.5 Å². The Kier molecular flexibility index (Phi) is 4.56. The second kappa shape index (κ2) is 5.87. The first-order valence-corrected chi connectivity index (χ1v) is 8.48. The van der Waals surface area contributed by atoms with Gasteiger partial charge in [0.2, 0.25) is 5.90 Å². The molecule has 0 spiro atoms. The van der Waals surface area contributed by atoms with Gasteiger partial charge in [-0.05, 0) is 17.7 Å². The largest absolute Gasteiger partial charge is 0.468 e. The first-order valence-electron chi connectivity index (χ1n) is 5.71. The summed E-state index contributed by atoms with van der Waals surface area (Å²) in [6, 6.07) is 5.30. The van der Waals surface area contributed by atoms with Crippen LogP contribution in [0.3, 0.4) is 0 Å². The van der Waals surface area contributed by atoms with Crippen LogP contribution in [0.1, 0.15) is 11.7 Å². The number of nitrogens with zero attached hydrogens (tertiary/aromatic N) is 1. The van der Waals surface area contributed by atoms with Gasteiger partial charge in [-0.3, -0.25) is 0 Å². The number of hydrogen-bond acceptors (Lipinski definition) is 4. The molecule has 0 bridgehead atoms. The Hall–Kier alpha value is -0.850. The van der Waals surface area contributed by atoms with Crippen LogP contribution in [-0.4, -0.2) is 38.1 Å². The molecule has 20 heavy (non-hydrogen) atoms. The maximum Gasteiger partial charge on any atom is 0.218 e. The zero-order chi connectivity index (χ0) is 14.9. The molecule has 0 saturated heterocycles. The molecule has 8 heteroatoms. The van der Waals surface area contributed by atoms with Crippen molar-refractivity contribution in [2.75, 3.05) is 12.9 Å². The minimum absolute atomic E-state index is 0.0770. The van der Waals surface area contributed by atoms with E-state index in [-0.39, 0.29) is 10.8 Å². The van der Waals surface area contributed by atoms with Crippen LogP contribution < -0.4 is 0 Å². The Balaban J connectivity index is 2.25. The highest BCUT2D eigenvalue weighted by atomic mass is 35.5. The summed E-state index contributed by atoms with van der Waals surface area (Å²) in [6.45, 7) is -0.720. The normalized spacial score (nSPS) is 22.8. The maximum atomic E-state index is 13.0. The Bertz CT molecular complexity index is 616. The third kappa shape index (κ3) is 3.24. The number of rotatable bonds is 4. The van der Waals surface area contributed by atoms with Gasteiger partial charge in [0.15, 0.2) is 20.8 Å². The van der Waals surface area contributed by atoms with Gasteiger partial charge < -0.3 is 4.74 Å². The van der Waals surface area contributed by atoms with E-state index in [0.717, 1.165) is 6.26 Å². The maximum absolute atomic E-state index is 13.0. The van der Waals surface area contributed by atoms with E-state index in [9.17, 15) is 12.8 Å². The summed E-state index contributed by atoms with van der Waals surface area (Å²) in [5, 5.41) is 0. The van der Waals surface area contributed by atoms with E-state index >= 15 is 0 Å². The molecule has 1 aliphatic heterocycles. The molecule has 0 amide bonds. The van der Waals surface area contributed by atoms with E-state index in [1.54, 1.807) is 12.1 Å². The summed E-state index contributed by atoms with van der Waals surface area (Å²) in [5.41, 5.74) is 0.618. The predicted octanol–water partition coefficient (Wildman–Crippen LogP) is 2.70. The summed E-state index contributed by atoms with van der Waals surface area (Å²) < 4.78 is 41.2. The molecule has 0 radical (unpaired) electrons. The Morgan fingerprint density at radius 3 is 2.40 bits per heavy atom. The first-order chi connectivity index (χ1) is 9.32. The van der Waals surface area contributed by atoms with Gasteiger partial charge in [0.1, 0.15) is 12.7 Å². The monoisotopic (exact) mass is 339 g/mol. The summed E-state index contributed by atoms with van der Waals surface area (Å²) in [4.78, 5) is 3.20. The van der Waals surface area contributed by atoms with Crippen molar-refractivity contribution < 1.29 is 17.5 Å². The molecule has 1 aromatic rings. The van der Waals surface area contributed by atoms with Gasteiger partial charge in [-0.2, -0.15) is 0 Å². The standard InChI is InChI=1S/C12H12Cl2FNO3S/c1-20(17,18)8-4-2-7(3-5-8)10-9(6-15)16-12(19-10)11(13)14/h2-5,9-11H,6H2,1H3/t9-,10-/m0/s1. The third-order valence-corrected chi connectivity index (χ3v) is 4.37. The molecule has 0 saturated carbocycles. The predicted molar refractivity (Wildman–Crippen MR) is 76.1 cm³/mol. The lowest BCUT2D eigenvalue weighted by Gasteiger charge is -2.16. The van der Waals surface area contributed by atoms with Gasteiger partial charge in [-0.1, -0.05) is 35.3 Å². The first kappa shape index (κ1) is 15.5. The molecule has 110 valence electrons. The summed E-state index contributed by atoms with van der Waals surface area (Å²) in [5.74, 6) is 0.0770. The Morgan fingerprint density at radius 2 is 1.95 bits per heavy atom. The lowest BCUT2D eigenvalue weighted by atomic mass is 10.0. The van der Waals surface area contributed by atoms with E-state index in [1.807, 2.05) is 0 Å². The lowest BCUT2D eigenvalue weighted by molar-refractivity contribution is 0.178. The van der Waals surface area contributed by atoms with E-state index in [4.69, 9.17) is 27.9 Å². The van der Waals surface area contributed by atoms with Crippen LogP contribution >= 0.6 is 23.2 Å². The van der Waals surface area contributed by atoms with Crippen molar-refractivity contribution in [3.63, 3.8) is 0 Å². The molecule has 2 atom stereocenters. The van der Waals surface area contributed by atoms with Crippen molar-refractivity contribution >= 4 is 38.9 Å². The van der Waals surface area contributed by atoms with Crippen LogP contribution in [0.15, 0.2) is 34.2 Å². The van der Waals surface area contributed by atoms with E-state index in [2.05, 4.69) is 4.99 Å². The van der Waals surface area contributed by atoms with E-state index in [0.29, 0.717) is 5.56 Å². The average molecular weight is 340 g/mol. The van der Waals surface area contributed by atoms with Crippen LogP contribution in [-0.2, 0) is 14.6 Å². The van der Waals surface area contributed by atoms with Crippen LogP contribution in [0.5, 0.6) is 0 Å². The highest BCUT2D eigenvalue weighted by molar-refractivity contribution is 7.90. The zero-order valence-corrected chi connectivity index (χ0v) is 12.8. The van der Waals surface area contributed by atoms with Gasteiger partial charge in [-0.25, -0.2) is 17.8 Å². The molecule has 1 heterocycles. The molecule has 4 nitrogen and oxygen atoms in total. The minimum Gasteiger partial charge on any atom is -0.468 e. The van der Waals surface area contributed by atoms with Crippen LogP contribution in [0.25, 0.3) is 0 Å².